The van der Waals surface area contributed by atoms with Crippen molar-refractivity contribution in [1.82, 2.24) is 10.2 Å². The SMILES string of the molecule is CCC[C@H]1CN(C=O)CCN1. The van der Waals surface area contributed by atoms with E-state index in [1.165, 1.54) is 12.8 Å². The maximum atomic E-state index is 10.4. The number of hydrogen-bond donors (Lipinski definition) is 1. The molecule has 3 nitrogen and oxygen atoms in total. The van der Waals surface area contributed by atoms with Crippen LogP contribution in [-0.2, 0) is 4.79 Å². The predicted molar refractivity (Wildman–Crippen MR) is 44.3 cm³/mol. The minimum atomic E-state index is 0.527. The highest BCUT2D eigenvalue weighted by Gasteiger charge is 2.16. The highest BCUT2D eigenvalue weighted by molar-refractivity contribution is 5.47. The summed E-state index contributed by atoms with van der Waals surface area (Å²) in [5, 5.41) is 3.38. The van der Waals surface area contributed by atoms with Gasteiger partial charge in [-0.3, -0.25) is 4.79 Å². The van der Waals surface area contributed by atoms with Crippen LogP contribution in [0.5, 0.6) is 0 Å². The third kappa shape index (κ3) is 2.50. The molecule has 0 radical (unpaired) electrons. The van der Waals surface area contributed by atoms with E-state index >= 15 is 0 Å². The maximum Gasteiger partial charge on any atom is 0.209 e. The van der Waals surface area contributed by atoms with Crippen molar-refractivity contribution in [1.29, 1.82) is 0 Å². The Labute approximate surface area is 67.8 Å². The van der Waals surface area contributed by atoms with E-state index in [4.69, 9.17) is 0 Å². The van der Waals surface area contributed by atoms with Crippen LogP contribution >= 0.6 is 0 Å². The van der Waals surface area contributed by atoms with E-state index in [2.05, 4.69) is 12.2 Å². The molecule has 0 aromatic carbocycles. The van der Waals surface area contributed by atoms with Gasteiger partial charge in [0.05, 0.1) is 0 Å². The summed E-state index contributed by atoms with van der Waals surface area (Å²) in [5.41, 5.74) is 0. The van der Waals surface area contributed by atoms with E-state index in [1.807, 2.05) is 4.90 Å². The second-order valence-electron chi connectivity index (χ2n) is 3.04. The molecule has 1 aliphatic rings. The fourth-order valence-electron chi connectivity index (χ4n) is 1.49. The lowest BCUT2D eigenvalue weighted by atomic mass is 10.1. The number of carbonyl (C=O) groups excluding carboxylic acids is 1. The van der Waals surface area contributed by atoms with Crippen molar-refractivity contribution >= 4 is 6.41 Å². The Morgan fingerprint density at radius 1 is 1.73 bits per heavy atom. The van der Waals surface area contributed by atoms with Crippen molar-refractivity contribution < 1.29 is 4.79 Å². The summed E-state index contributed by atoms with van der Waals surface area (Å²) in [4.78, 5) is 12.3. The van der Waals surface area contributed by atoms with Gasteiger partial charge >= 0.3 is 0 Å². The number of nitrogens with zero attached hydrogens (tertiary/aromatic N) is 1. The molecule has 1 saturated heterocycles. The van der Waals surface area contributed by atoms with E-state index in [-0.39, 0.29) is 0 Å². The van der Waals surface area contributed by atoms with Crippen molar-refractivity contribution in [3.8, 4) is 0 Å². The zero-order valence-electron chi connectivity index (χ0n) is 7.05. The molecule has 0 aromatic heterocycles. The Morgan fingerprint density at radius 3 is 3.18 bits per heavy atom. The first-order chi connectivity index (χ1) is 5.36. The van der Waals surface area contributed by atoms with Crippen LogP contribution < -0.4 is 5.32 Å². The molecule has 1 N–H and O–H groups in total. The number of carbonyl (C=O) groups is 1. The number of hydrogen-bond acceptors (Lipinski definition) is 2. The molecule has 64 valence electrons. The van der Waals surface area contributed by atoms with Crippen LogP contribution in [0.15, 0.2) is 0 Å². The lowest BCUT2D eigenvalue weighted by molar-refractivity contribution is -0.119. The lowest BCUT2D eigenvalue weighted by Crippen LogP contribution is -2.49. The molecule has 1 amide bonds. The fraction of sp³-hybridized carbons (Fsp3) is 0.875. The van der Waals surface area contributed by atoms with Crippen LogP contribution in [0.3, 0.4) is 0 Å². The van der Waals surface area contributed by atoms with Crippen LogP contribution in [-0.4, -0.2) is 37.0 Å². The monoisotopic (exact) mass is 156 g/mol. The number of piperazine rings is 1. The lowest BCUT2D eigenvalue weighted by Gasteiger charge is -2.30. The van der Waals surface area contributed by atoms with E-state index in [1.54, 1.807) is 0 Å². The van der Waals surface area contributed by atoms with Gasteiger partial charge in [-0.2, -0.15) is 0 Å². The highest BCUT2D eigenvalue weighted by atomic mass is 16.1. The second kappa shape index (κ2) is 4.34. The molecule has 0 unspecified atom stereocenters. The van der Waals surface area contributed by atoms with Gasteiger partial charge in [-0.25, -0.2) is 0 Å². The van der Waals surface area contributed by atoms with Crippen LogP contribution in [0.2, 0.25) is 0 Å². The Balaban J connectivity index is 2.27. The quantitative estimate of drug-likeness (QED) is 0.593. The van der Waals surface area contributed by atoms with Gasteiger partial charge in [0, 0.05) is 25.7 Å². The second-order valence-corrected chi connectivity index (χ2v) is 3.04. The third-order valence-corrected chi connectivity index (χ3v) is 2.07. The van der Waals surface area contributed by atoms with Crippen LogP contribution in [0.25, 0.3) is 0 Å². The normalized spacial score (nSPS) is 25.2. The summed E-state index contributed by atoms with van der Waals surface area (Å²) in [5.74, 6) is 0. The van der Waals surface area contributed by atoms with Gasteiger partial charge < -0.3 is 10.2 Å². The van der Waals surface area contributed by atoms with Crippen molar-refractivity contribution in [2.24, 2.45) is 0 Å². The Kier molecular flexibility index (Phi) is 3.36. The molecule has 11 heavy (non-hydrogen) atoms. The Morgan fingerprint density at radius 2 is 2.55 bits per heavy atom. The van der Waals surface area contributed by atoms with Gasteiger partial charge in [0.25, 0.3) is 0 Å². The largest absolute Gasteiger partial charge is 0.342 e. The zero-order valence-corrected chi connectivity index (χ0v) is 7.05. The topological polar surface area (TPSA) is 32.3 Å². The summed E-state index contributed by atoms with van der Waals surface area (Å²) in [6.07, 6.45) is 3.30. The highest BCUT2D eigenvalue weighted by Crippen LogP contribution is 2.02. The summed E-state index contributed by atoms with van der Waals surface area (Å²) >= 11 is 0. The van der Waals surface area contributed by atoms with Gasteiger partial charge in [0.15, 0.2) is 0 Å². The first kappa shape index (κ1) is 8.53. The summed E-state index contributed by atoms with van der Waals surface area (Å²) in [6.45, 7) is 4.87. The molecular formula is C8H16N2O. The van der Waals surface area contributed by atoms with Crippen molar-refractivity contribution in [2.45, 2.75) is 25.8 Å². The van der Waals surface area contributed by atoms with E-state index in [0.717, 1.165) is 26.0 Å². The third-order valence-electron chi connectivity index (χ3n) is 2.07. The molecular weight excluding hydrogens is 140 g/mol. The minimum Gasteiger partial charge on any atom is -0.342 e. The predicted octanol–water partition coefficient (Wildman–Crippen LogP) is 0.217. The van der Waals surface area contributed by atoms with Gasteiger partial charge in [-0.05, 0) is 6.42 Å². The molecule has 0 aromatic rings. The van der Waals surface area contributed by atoms with Crippen LogP contribution in [0.1, 0.15) is 19.8 Å². The van der Waals surface area contributed by atoms with Gasteiger partial charge in [-0.1, -0.05) is 13.3 Å². The molecule has 3 heteroatoms. The van der Waals surface area contributed by atoms with Gasteiger partial charge in [-0.15, -0.1) is 0 Å². The standard InChI is InChI=1S/C8H16N2O/c1-2-3-8-6-10(7-11)5-4-9-8/h7-9H,2-6H2,1H3/t8-/m0/s1. The van der Waals surface area contributed by atoms with E-state index < -0.39 is 0 Å². The molecule has 1 rings (SSSR count). The van der Waals surface area contributed by atoms with Crippen LogP contribution in [0, 0.1) is 0 Å². The Hall–Kier alpha value is -0.570. The molecule has 0 aliphatic carbocycles. The smallest absolute Gasteiger partial charge is 0.209 e. The van der Waals surface area contributed by atoms with Crippen molar-refractivity contribution in [2.75, 3.05) is 19.6 Å². The zero-order chi connectivity index (χ0) is 8.10. The molecule has 1 atom stereocenters. The number of nitrogens with one attached hydrogen (secondary N) is 1. The minimum absolute atomic E-state index is 0.527. The first-order valence-electron chi connectivity index (χ1n) is 4.29. The van der Waals surface area contributed by atoms with Crippen molar-refractivity contribution in [3.63, 3.8) is 0 Å². The summed E-state index contributed by atoms with van der Waals surface area (Å²) < 4.78 is 0. The molecule has 0 saturated carbocycles. The molecule has 1 aliphatic heterocycles. The first-order valence-corrected chi connectivity index (χ1v) is 4.29. The fourth-order valence-corrected chi connectivity index (χ4v) is 1.49. The number of rotatable bonds is 3. The molecule has 0 bridgehead atoms. The molecule has 1 heterocycles. The van der Waals surface area contributed by atoms with Gasteiger partial charge in [0.1, 0.15) is 0 Å². The average molecular weight is 156 g/mol. The summed E-state index contributed by atoms with van der Waals surface area (Å²) in [6, 6.07) is 0.527. The molecule has 0 spiro atoms. The van der Waals surface area contributed by atoms with E-state index in [9.17, 15) is 4.79 Å². The van der Waals surface area contributed by atoms with Crippen LogP contribution in [0.4, 0.5) is 0 Å². The number of amides is 1. The maximum absolute atomic E-state index is 10.4. The average Bonchev–Trinajstić information content (AvgIpc) is 2.06. The summed E-state index contributed by atoms with van der Waals surface area (Å²) in [7, 11) is 0. The van der Waals surface area contributed by atoms with Crippen molar-refractivity contribution in [3.05, 3.63) is 0 Å². The molecule has 1 fully saturated rings. The van der Waals surface area contributed by atoms with Gasteiger partial charge in [0.2, 0.25) is 6.41 Å². The van der Waals surface area contributed by atoms with E-state index in [0.29, 0.717) is 6.04 Å². The Bertz CT molecular complexity index is 125.